The zero-order valence-corrected chi connectivity index (χ0v) is 19.0. The van der Waals surface area contributed by atoms with Crippen molar-refractivity contribution in [1.82, 2.24) is 15.1 Å². The summed E-state index contributed by atoms with van der Waals surface area (Å²) in [5, 5.41) is 7.50. The maximum atomic E-state index is 13.5. The summed E-state index contributed by atoms with van der Waals surface area (Å²) < 4.78 is 15.1. The number of Topliss-reactive ketones (excluding diaryl/α,β-unsaturated/α-hetero) is 1. The molecule has 4 bridgehead atoms. The van der Waals surface area contributed by atoms with Gasteiger partial charge in [0.2, 0.25) is 0 Å². The van der Waals surface area contributed by atoms with E-state index in [0.29, 0.717) is 28.7 Å². The van der Waals surface area contributed by atoms with Crippen LogP contribution in [0, 0.1) is 35.4 Å². The fraction of sp³-hybridized carbons (Fsp3) is 0.393. The first kappa shape index (κ1) is 21.3. The van der Waals surface area contributed by atoms with Crippen molar-refractivity contribution >= 4 is 11.7 Å². The van der Waals surface area contributed by atoms with Crippen LogP contribution in [0.3, 0.4) is 0 Å². The SMILES string of the molecule is O=C(NCC(=O)C1C2CC3CC(C2)CC1C3)c1cn(-c2ccccc2)nc1-c1ccc(F)cc1. The standard InChI is InChI=1S/C28H28FN3O2/c29-22-8-6-19(7-9-22)27-24(16-32(31-27)23-4-2-1-3-5-23)28(34)30-15-25(33)26-20-11-17-10-18(13-20)14-21(26)12-17/h1-9,16-18,20-21,26H,10-15H2,(H,30,34). The number of halogens is 1. The summed E-state index contributed by atoms with van der Waals surface area (Å²) in [5.74, 6) is 2.19. The quantitative estimate of drug-likeness (QED) is 0.563. The molecule has 4 aliphatic carbocycles. The number of aromatic nitrogens is 2. The maximum Gasteiger partial charge on any atom is 0.255 e. The number of carbonyl (C=O) groups is 2. The molecular weight excluding hydrogens is 429 g/mol. The van der Waals surface area contributed by atoms with E-state index in [4.69, 9.17) is 0 Å². The van der Waals surface area contributed by atoms with Crippen molar-refractivity contribution in [2.45, 2.75) is 32.1 Å². The molecule has 4 aliphatic rings. The zero-order chi connectivity index (χ0) is 23.2. The molecule has 0 aliphatic heterocycles. The van der Waals surface area contributed by atoms with Gasteiger partial charge in [0.1, 0.15) is 11.5 Å². The number of hydrogen-bond acceptors (Lipinski definition) is 3. The molecule has 0 unspecified atom stereocenters. The van der Waals surface area contributed by atoms with Crippen molar-refractivity contribution in [2.24, 2.45) is 29.6 Å². The molecular formula is C28H28FN3O2. The number of amides is 1. The lowest BCUT2D eigenvalue weighted by Crippen LogP contribution is -2.50. The lowest BCUT2D eigenvalue weighted by Gasteiger charge is -2.53. The molecule has 1 aromatic heterocycles. The first-order chi connectivity index (χ1) is 16.5. The molecule has 2 aromatic carbocycles. The van der Waals surface area contributed by atoms with Crippen molar-refractivity contribution < 1.29 is 14.0 Å². The van der Waals surface area contributed by atoms with Gasteiger partial charge in [0, 0.05) is 17.7 Å². The van der Waals surface area contributed by atoms with Crippen LogP contribution in [-0.2, 0) is 4.79 Å². The van der Waals surface area contributed by atoms with Crippen LogP contribution < -0.4 is 5.32 Å². The van der Waals surface area contributed by atoms with Gasteiger partial charge in [-0.25, -0.2) is 9.07 Å². The zero-order valence-electron chi connectivity index (χ0n) is 19.0. The Bertz CT molecular complexity index is 1190. The number of ketones is 1. The number of hydrogen-bond donors (Lipinski definition) is 1. The van der Waals surface area contributed by atoms with Gasteiger partial charge in [-0.15, -0.1) is 0 Å². The van der Waals surface area contributed by atoms with Gasteiger partial charge in [0.05, 0.1) is 17.8 Å². The van der Waals surface area contributed by atoms with Crippen LogP contribution in [-0.4, -0.2) is 28.0 Å². The largest absolute Gasteiger partial charge is 0.345 e. The van der Waals surface area contributed by atoms with Crippen LogP contribution in [0.2, 0.25) is 0 Å². The number of para-hydroxylation sites is 1. The number of carbonyl (C=O) groups excluding carboxylic acids is 2. The molecule has 0 atom stereocenters. The molecule has 4 saturated carbocycles. The number of rotatable bonds is 6. The number of nitrogens with one attached hydrogen (secondary N) is 1. The van der Waals surface area contributed by atoms with Crippen molar-refractivity contribution in [2.75, 3.05) is 6.54 Å². The van der Waals surface area contributed by atoms with Crippen molar-refractivity contribution in [3.8, 4) is 16.9 Å². The summed E-state index contributed by atoms with van der Waals surface area (Å²) in [6.07, 6.45) is 7.73. The average molecular weight is 458 g/mol. The molecule has 0 saturated heterocycles. The molecule has 3 aromatic rings. The topological polar surface area (TPSA) is 64.0 Å². The van der Waals surface area contributed by atoms with Gasteiger partial charge >= 0.3 is 0 Å². The minimum Gasteiger partial charge on any atom is -0.345 e. The van der Waals surface area contributed by atoms with Crippen molar-refractivity contribution in [1.29, 1.82) is 0 Å². The summed E-state index contributed by atoms with van der Waals surface area (Å²) in [4.78, 5) is 26.5. The van der Waals surface area contributed by atoms with E-state index in [1.54, 1.807) is 23.0 Å². The molecule has 1 amide bonds. The van der Waals surface area contributed by atoms with Crippen LogP contribution >= 0.6 is 0 Å². The third-order valence-electron chi connectivity index (χ3n) is 8.12. The Morgan fingerprint density at radius 2 is 1.56 bits per heavy atom. The predicted octanol–water partition coefficient (Wildman–Crippen LogP) is 5.05. The smallest absolute Gasteiger partial charge is 0.255 e. The lowest BCUT2D eigenvalue weighted by molar-refractivity contribution is -0.134. The average Bonchev–Trinajstić information content (AvgIpc) is 3.28. The Morgan fingerprint density at radius 1 is 0.912 bits per heavy atom. The van der Waals surface area contributed by atoms with Crippen LogP contribution in [0.15, 0.2) is 60.8 Å². The van der Waals surface area contributed by atoms with E-state index >= 15 is 0 Å². The third-order valence-corrected chi connectivity index (χ3v) is 8.12. The fourth-order valence-corrected chi connectivity index (χ4v) is 6.91. The molecule has 5 nitrogen and oxygen atoms in total. The fourth-order valence-electron chi connectivity index (χ4n) is 6.91. The van der Waals surface area contributed by atoms with Gasteiger partial charge in [0.25, 0.3) is 5.91 Å². The molecule has 174 valence electrons. The number of nitrogens with zero attached hydrogens (tertiary/aromatic N) is 2. The molecule has 34 heavy (non-hydrogen) atoms. The summed E-state index contributed by atoms with van der Waals surface area (Å²) in [6.45, 7) is 0.0468. The first-order valence-electron chi connectivity index (χ1n) is 12.3. The highest BCUT2D eigenvalue weighted by Crippen LogP contribution is 2.56. The van der Waals surface area contributed by atoms with Crippen LogP contribution in [0.4, 0.5) is 4.39 Å². The summed E-state index contributed by atoms with van der Waals surface area (Å²) >= 11 is 0. The first-order valence-corrected chi connectivity index (χ1v) is 12.3. The normalized spacial score (nSPS) is 27.0. The van der Waals surface area contributed by atoms with Crippen molar-refractivity contribution in [3.63, 3.8) is 0 Å². The predicted molar refractivity (Wildman–Crippen MR) is 127 cm³/mol. The second-order valence-corrected chi connectivity index (χ2v) is 10.3. The number of benzene rings is 2. The molecule has 0 spiro atoms. The molecule has 6 heteroatoms. The Labute approximate surface area is 198 Å². The van der Waals surface area contributed by atoms with E-state index < -0.39 is 0 Å². The highest BCUT2D eigenvalue weighted by molar-refractivity contribution is 6.01. The van der Waals surface area contributed by atoms with Crippen molar-refractivity contribution in [3.05, 3.63) is 72.2 Å². The van der Waals surface area contributed by atoms with Crippen LogP contribution in [0.25, 0.3) is 16.9 Å². The minimum atomic E-state index is -0.349. The van der Waals surface area contributed by atoms with E-state index in [9.17, 15) is 14.0 Å². The molecule has 4 fully saturated rings. The highest BCUT2D eigenvalue weighted by atomic mass is 19.1. The second-order valence-electron chi connectivity index (χ2n) is 10.3. The van der Waals surface area contributed by atoms with Crippen LogP contribution in [0.1, 0.15) is 42.5 Å². The van der Waals surface area contributed by atoms with E-state index in [2.05, 4.69) is 10.4 Å². The summed E-state index contributed by atoms with van der Waals surface area (Å²) in [5.41, 5.74) is 2.29. The molecule has 0 radical (unpaired) electrons. The van der Waals surface area contributed by atoms with Crippen LogP contribution in [0.5, 0.6) is 0 Å². The van der Waals surface area contributed by atoms with E-state index in [1.165, 1.54) is 44.2 Å². The minimum absolute atomic E-state index is 0.0468. The van der Waals surface area contributed by atoms with E-state index in [1.807, 2.05) is 30.3 Å². The Morgan fingerprint density at radius 3 is 2.21 bits per heavy atom. The highest BCUT2D eigenvalue weighted by Gasteiger charge is 2.50. The van der Waals surface area contributed by atoms with Gasteiger partial charge in [0.15, 0.2) is 5.78 Å². The second kappa shape index (κ2) is 8.49. The van der Waals surface area contributed by atoms with Gasteiger partial charge in [-0.05, 0) is 92.2 Å². The Kier molecular flexibility index (Phi) is 5.31. The van der Waals surface area contributed by atoms with Gasteiger partial charge in [-0.3, -0.25) is 9.59 Å². The van der Waals surface area contributed by atoms with E-state index in [-0.39, 0.29) is 30.0 Å². The Balaban J connectivity index is 1.23. The maximum absolute atomic E-state index is 13.5. The lowest BCUT2D eigenvalue weighted by atomic mass is 9.51. The van der Waals surface area contributed by atoms with Gasteiger partial charge in [-0.1, -0.05) is 18.2 Å². The van der Waals surface area contributed by atoms with Gasteiger partial charge in [-0.2, -0.15) is 5.10 Å². The molecule has 7 rings (SSSR count). The molecule has 1 heterocycles. The summed E-state index contributed by atoms with van der Waals surface area (Å²) in [6, 6.07) is 15.5. The summed E-state index contributed by atoms with van der Waals surface area (Å²) in [7, 11) is 0. The monoisotopic (exact) mass is 457 g/mol. The third kappa shape index (κ3) is 3.85. The van der Waals surface area contributed by atoms with E-state index in [0.717, 1.165) is 17.5 Å². The molecule has 1 N–H and O–H groups in total. The van der Waals surface area contributed by atoms with Gasteiger partial charge < -0.3 is 5.32 Å². The Hall–Kier alpha value is -3.28.